The lowest BCUT2D eigenvalue weighted by molar-refractivity contribution is -0.138. The highest BCUT2D eigenvalue weighted by Crippen LogP contribution is 2.33. The summed E-state index contributed by atoms with van der Waals surface area (Å²) in [5.41, 5.74) is 4.16. The van der Waals surface area contributed by atoms with E-state index < -0.39 is 29.5 Å². The van der Waals surface area contributed by atoms with Crippen LogP contribution in [0, 0.1) is 5.92 Å². The third-order valence-corrected chi connectivity index (χ3v) is 2.98. The van der Waals surface area contributed by atoms with Crippen molar-refractivity contribution in [2.24, 2.45) is 16.6 Å². The van der Waals surface area contributed by atoms with Gasteiger partial charge in [0.2, 0.25) is 5.91 Å². The average Bonchev–Trinajstić information content (AvgIpc) is 2.38. The number of rotatable bonds is 2. The van der Waals surface area contributed by atoms with Crippen LogP contribution in [0.25, 0.3) is 5.57 Å². The summed E-state index contributed by atoms with van der Waals surface area (Å²) in [5, 5.41) is -0.278. The zero-order chi connectivity index (χ0) is 15.8. The molecule has 1 aromatic rings. The molecule has 9 heteroatoms. The number of carbonyl (C=O) groups is 2. The summed E-state index contributed by atoms with van der Waals surface area (Å²) >= 11 is 5.77. The van der Waals surface area contributed by atoms with E-state index >= 15 is 0 Å². The Bertz CT molecular complexity index is 683. The zero-order valence-corrected chi connectivity index (χ0v) is 10.9. The first-order chi connectivity index (χ1) is 9.70. The monoisotopic (exact) mass is 317 g/mol. The summed E-state index contributed by atoms with van der Waals surface area (Å²) in [5.74, 6) is -2.96. The van der Waals surface area contributed by atoms with Crippen LogP contribution in [-0.2, 0) is 15.8 Å². The molecule has 2 N–H and O–H groups in total. The lowest BCUT2D eigenvalue weighted by atomic mass is 9.99. The van der Waals surface area contributed by atoms with Gasteiger partial charge in [0, 0.05) is 18.0 Å². The third kappa shape index (κ3) is 3.10. The Kier molecular flexibility index (Phi) is 3.82. The van der Waals surface area contributed by atoms with Gasteiger partial charge in [-0.05, 0) is 6.07 Å². The molecule has 1 aliphatic heterocycles. The molecule has 1 atom stereocenters. The van der Waals surface area contributed by atoms with Gasteiger partial charge in [-0.1, -0.05) is 17.7 Å². The van der Waals surface area contributed by atoms with Gasteiger partial charge in [0.1, 0.15) is 5.92 Å². The fourth-order valence-electron chi connectivity index (χ4n) is 1.66. The number of nitrogens with zero attached hydrogens (tertiary/aromatic N) is 2. The van der Waals surface area contributed by atoms with Crippen LogP contribution in [0.1, 0.15) is 11.3 Å². The average molecular weight is 318 g/mol. The first-order valence-corrected chi connectivity index (χ1v) is 5.90. The molecule has 0 aromatic carbocycles. The number of alkyl halides is 3. The van der Waals surface area contributed by atoms with Crippen LogP contribution >= 0.6 is 11.6 Å². The number of dihydropyridines is 1. The number of carbonyl (C=O) groups excluding carboxylic acids is 2. The van der Waals surface area contributed by atoms with Crippen molar-refractivity contribution in [1.29, 1.82) is 0 Å². The van der Waals surface area contributed by atoms with Gasteiger partial charge in [-0.3, -0.25) is 14.6 Å². The predicted octanol–water partition coefficient (Wildman–Crippen LogP) is 1.85. The fraction of sp³-hybridized carbons (Fsp3) is 0.167. The van der Waals surface area contributed by atoms with E-state index in [2.05, 4.69) is 9.98 Å². The molecular formula is C12H7ClF3N3O2. The predicted molar refractivity (Wildman–Crippen MR) is 68.4 cm³/mol. The van der Waals surface area contributed by atoms with Gasteiger partial charge in [0.05, 0.1) is 16.3 Å². The van der Waals surface area contributed by atoms with Crippen molar-refractivity contribution in [2.45, 2.75) is 6.18 Å². The van der Waals surface area contributed by atoms with Crippen molar-refractivity contribution in [3.8, 4) is 0 Å². The van der Waals surface area contributed by atoms with E-state index in [1.54, 1.807) is 0 Å². The van der Waals surface area contributed by atoms with Crippen LogP contribution in [0.4, 0.5) is 13.2 Å². The summed E-state index contributed by atoms with van der Waals surface area (Å²) < 4.78 is 37.5. The standard InChI is InChI=1S/C12H7ClF3N3O2/c13-8-2-6(12(14,15)16)4-18-9(8)5-1-7(10(17)20)11(21)19-3-5/h1-4,7H,(H2,17,20). The van der Waals surface area contributed by atoms with Gasteiger partial charge in [-0.25, -0.2) is 4.99 Å². The molecule has 0 fully saturated rings. The molecule has 1 aromatic heterocycles. The molecule has 0 aliphatic carbocycles. The smallest absolute Gasteiger partial charge is 0.369 e. The van der Waals surface area contributed by atoms with E-state index in [1.807, 2.05) is 0 Å². The number of halogens is 4. The first-order valence-electron chi connectivity index (χ1n) is 5.52. The van der Waals surface area contributed by atoms with Crippen molar-refractivity contribution >= 4 is 35.2 Å². The molecule has 0 saturated heterocycles. The van der Waals surface area contributed by atoms with Crippen molar-refractivity contribution in [3.63, 3.8) is 0 Å². The SMILES string of the molecule is NC(=O)C1C=C(c2ncc(C(F)(F)F)cc2Cl)C=NC1=O. The van der Waals surface area contributed by atoms with E-state index in [1.165, 1.54) is 6.08 Å². The van der Waals surface area contributed by atoms with Crippen molar-refractivity contribution in [3.05, 3.63) is 34.6 Å². The zero-order valence-electron chi connectivity index (χ0n) is 10.2. The number of hydrogen-bond donors (Lipinski definition) is 1. The Labute approximate surface area is 121 Å². The normalized spacial score (nSPS) is 18.6. The lowest BCUT2D eigenvalue weighted by Gasteiger charge is -2.13. The number of allylic oxidation sites excluding steroid dienone is 1. The summed E-state index contributed by atoms with van der Waals surface area (Å²) in [7, 11) is 0. The Balaban J connectivity index is 2.43. The molecule has 0 radical (unpaired) electrons. The second-order valence-corrected chi connectivity index (χ2v) is 4.56. The van der Waals surface area contributed by atoms with Crippen LogP contribution < -0.4 is 5.73 Å². The third-order valence-electron chi connectivity index (χ3n) is 2.69. The Morgan fingerprint density at radius 1 is 1.38 bits per heavy atom. The maximum Gasteiger partial charge on any atom is 0.417 e. The Hall–Kier alpha value is -2.22. The van der Waals surface area contributed by atoms with Gasteiger partial charge in [0.15, 0.2) is 0 Å². The summed E-state index contributed by atoms with van der Waals surface area (Å²) in [6.07, 6.45) is -1.73. The second-order valence-electron chi connectivity index (χ2n) is 4.15. The minimum Gasteiger partial charge on any atom is -0.369 e. The molecule has 110 valence electrons. The number of hydrogen-bond acceptors (Lipinski definition) is 3. The highest BCUT2D eigenvalue weighted by Gasteiger charge is 2.32. The lowest BCUT2D eigenvalue weighted by Crippen LogP contribution is -2.29. The summed E-state index contributed by atoms with van der Waals surface area (Å²) in [4.78, 5) is 29.5. The van der Waals surface area contributed by atoms with Crippen molar-refractivity contribution in [1.82, 2.24) is 4.98 Å². The highest BCUT2D eigenvalue weighted by molar-refractivity contribution is 6.34. The number of aliphatic imine (C=N–C) groups is 1. The molecule has 5 nitrogen and oxygen atoms in total. The quantitative estimate of drug-likeness (QED) is 0.845. The molecule has 1 aliphatic rings. The molecule has 0 spiro atoms. The van der Waals surface area contributed by atoms with Gasteiger partial charge < -0.3 is 5.73 Å². The van der Waals surface area contributed by atoms with Gasteiger partial charge in [-0.2, -0.15) is 13.2 Å². The second kappa shape index (κ2) is 5.28. The fourth-order valence-corrected chi connectivity index (χ4v) is 1.93. The van der Waals surface area contributed by atoms with Crippen LogP contribution in [0.15, 0.2) is 23.3 Å². The van der Waals surface area contributed by atoms with Gasteiger partial charge >= 0.3 is 6.18 Å². The number of primary amides is 1. The van der Waals surface area contributed by atoms with E-state index in [0.717, 1.165) is 6.21 Å². The maximum absolute atomic E-state index is 12.5. The van der Waals surface area contributed by atoms with E-state index in [0.29, 0.717) is 12.3 Å². The number of aromatic nitrogens is 1. The molecule has 2 rings (SSSR count). The Morgan fingerprint density at radius 2 is 2.05 bits per heavy atom. The number of nitrogens with two attached hydrogens (primary N) is 1. The summed E-state index contributed by atoms with van der Waals surface area (Å²) in [6, 6.07) is 0.703. The van der Waals surface area contributed by atoms with Crippen LogP contribution in [0.5, 0.6) is 0 Å². The molecule has 21 heavy (non-hydrogen) atoms. The number of pyridine rings is 1. The van der Waals surface area contributed by atoms with Gasteiger partial charge in [0.25, 0.3) is 5.91 Å². The van der Waals surface area contributed by atoms with Crippen molar-refractivity contribution in [2.75, 3.05) is 0 Å². The molecule has 1 unspecified atom stereocenters. The van der Waals surface area contributed by atoms with Crippen LogP contribution in [0.2, 0.25) is 5.02 Å². The Morgan fingerprint density at radius 3 is 2.57 bits per heavy atom. The minimum atomic E-state index is -4.57. The molecule has 2 heterocycles. The van der Waals surface area contributed by atoms with E-state index in [-0.39, 0.29) is 16.3 Å². The van der Waals surface area contributed by atoms with Crippen LogP contribution in [-0.4, -0.2) is 23.0 Å². The van der Waals surface area contributed by atoms with E-state index in [9.17, 15) is 22.8 Å². The first kappa shape index (κ1) is 15.2. The summed E-state index contributed by atoms with van der Waals surface area (Å²) in [6.45, 7) is 0. The molecule has 0 saturated carbocycles. The maximum atomic E-state index is 12.5. The molecule has 2 amide bonds. The topological polar surface area (TPSA) is 85.4 Å². The molecule has 0 bridgehead atoms. The van der Waals surface area contributed by atoms with Gasteiger partial charge in [-0.15, -0.1) is 0 Å². The minimum absolute atomic E-state index is 0.0211. The van der Waals surface area contributed by atoms with E-state index in [4.69, 9.17) is 17.3 Å². The van der Waals surface area contributed by atoms with Crippen molar-refractivity contribution < 1.29 is 22.8 Å². The highest BCUT2D eigenvalue weighted by atomic mass is 35.5. The van der Waals surface area contributed by atoms with Crippen LogP contribution in [0.3, 0.4) is 0 Å². The number of amides is 2. The largest absolute Gasteiger partial charge is 0.417 e. The molecular weight excluding hydrogens is 311 g/mol.